The third kappa shape index (κ3) is 2.61. The summed E-state index contributed by atoms with van der Waals surface area (Å²) in [5.74, 6) is -0.0840. The summed E-state index contributed by atoms with van der Waals surface area (Å²) >= 11 is 0. The van der Waals surface area contributed by atoms with Gasteiger partial charge in [-0.25, -0.2) is 0 Å². The van der Waals surface area contributed by atoms with E-state index in [9.17, 15) is 9.59 Å². The first-order valence-electron chi connectivity index (χ1n) is 6.93. The number of carboxylic acids is 1. The number of amides is 1. The van der Waals surface area contributed by atoms with Crippen LogP contribution >= 0.6 is 0 Å². The fourth-order valence-corrected chi connectivity index (χ4v) is 2.54. The molecule has 1 aromatic rings. The molecule has 5 heteroatoms. The first-order chi connectivity index (χ1) is 9.65. The third-order valence-corrected chi connectivity index (χ3v) is 3.75. The number of carboxylic acid groups (broad SMARTS) is 1. The molecule has 0 radical (unpaired) electrons. The minimum atomic E-state index is -0.870. The summed E-state index contributed by atoms with van der Waals surface area (Å²) in [5.41, 5.74) is 1.69. The summed E-state index contributed by atoms with van der Waals surface area (Å²) < 4.78 is 5.43. The second kappa shape index (κ2) is 5.15. The molecule has 1 aliphatic heterocycles. The van der Waals surface area contributed by atoms with E-state index >= 15 is 0 Å². The smallest absolute Gasteiger partial charge is 0.305 e. The van der Waals surface area contributed by atoms with Crippen LogP contribution in [-0.4, -0.2) is 41.1 Å². The van der Waals surface area contributed by atoms with Crippen molar-refractivity contribution in [2.75, 3.05) is 13.2 Å². The Morgan fingerprint density at radius 3 is 2.85 bits per heavy atom. The molecule has 0 spiro atoms. The molecule has 0 saturated heterocycles. The number of carbonyl (C=O) groups is 2. The first-order valence-corrected chi connectivity index (χ1v) is 6.93. The van der Waals surface area contributed by atoms with Crippen molar-refractivity contribution in [3.63, 3.8) is 0 Å². The van der Waals surface area contributed by atoms with Crippen LogP contribution in [0.25, 0.3) is 0 Å². The van der Waals surface area contributed by atoms with Gasteiger partial charge in [-0.05, 0) is 36.6 Å². The van der Waals surface area contributed by atoms with E-state index in [4.69, 9.17) is 9.84 Å². The largest absolute Gasteiger partial charge is 0.493 e. The average Bonchev–Trinajstić information content (AvgIpc) is 3.15. The molecule has 0 atom stereocenters. The van der Waals surface area contributed by atoms with Gasteiger partial charge in [0.05, 0.1) is 13.0 Å². The number of hydrogen-bond donors (Lipinski definition) is 1. The van der Waals surface area contributed by atoms with Crippen molar-refractivity contribution >= 4 is 11.9 Å². The Morgan fingerprint density at radius 1 is 1.35 bits per heavy atom. The van der Waals surface area contributed by atoms with Gasteiger partial charge in [0.1, 0.15) is 5.75 Å². The van der Waals surface area contributed by atoms with Crippen LogP contribution in [0.3, 0.4) is 0 Å². The number of rotatable bonds is 5. The fraction of sp³-hybridized carbons (Fsp3) is 0.467. The summed E-state index contributed by atoms with van der Waals surface area (Å²) in [4.78, 5) is 24.9. The number of fused-ring (bicyclic) bond motifs is 1. The lowest BCUT2D eigenvalue weighted by Gasteiger charge is -2.22. The fourth-order valence-electron chi connectivity index (χ4n) is 2.54. The van der Waals surface area contributed by atoms with Crippen molar-refractivity contribution in [2.24, 2.45) is 0 Å². The van der Waals surface area contributed by atoms with Crippen molar-refractivity contribution in [2.45, 2.75) is 31.7 Å². The highest BCUT2D eigenvalue weighted by Gasteiger charge is 2.33. The van der Waals surface area contributed by atoms with Gasteiger partial charge in [-0.3, -0.25) is 9.59 Å². The highest BCUT2D eigenvalue weighted by molar-refractivity contribution is 5.95. The molecule has 20 heavy (non-hydrogen) atoms. The minimum Gasteiger partial charge on any atom is -0.493 e. The quantitative estimate of drug-likeness (QED) is 0.888. The Morgan fingerprint density at radius 2 is 2.15 bits per heavy atom. The molecule has 0 unspecified atom stereocenters. The lowest BCUT2D eigenvalue weighted by Crippen LogP contribution is -2.35. The lowest BCUT2D eigenvalue weighted by atomic mass is 10.1. The van der Waals surface area contributed by atoms with Crippen molar-refractivity contribution in [3.8, 4) is 5.75 Å². The van der Waals surface area contributed by atoms with Gasteiger partial charge in [0.25, 0.3) is 5.91 Å². The Bertz CT molecular complexity index is 551. The van der Waals surface area contributed by atoms with E-state index in [1.165, 1.54) is 0 Å². The topological polar surface area (TPSA) is 66.8 Å². The maximum atomic E-state index is 12.5. The number of carbonyl (C=O) groups excluding carboxylic acids is 1. The van der Waals surface area contributed by atoms with E-state index < -0.39 is 5.97 Å². The summed E-state index contributed by atoms with van der Waals surface area (Å²) in [5, 5.41) is 8.79. The predicted molar refractivity (Wildman–Crippen MR) is 72.0 cm³/mol. The zero-order chi connectivity index (χ0) is 14.1. The molecule has 106 valence electrons. The van der Waals surface area contributed by atoms with Gasteiger partial charge < -0.3 is 14.7 Å². The molecule has 0 bridgehead atoms. The van der Waals surface area contributed by atoms with E-state index in [-0.39, 0.29) is 24.9 Å². The molecular formula is C15H17NO4. The second-order valence-corrected chi connectivity index (χ2v) is 5.29. The van der Waals surface area contributed by atoms with Crippen molar-refractivity contribution in [1.29, 1.82) is 0 Å². The maximum absolute atomic E-state index is 12.5. The van der Waals surface area contributed by atoms with Crippen molar-refractivity contribution in [3.05, 3.63) is 29.3 Å². The van der Waals surface area contributed by atoms with E-state index in [1.54, 1.807) is 11.0 Å². The summed E-state index contributed by atoms with van der Waals surface area (Å²) in [6.07, 6.45) is 2.77. The molecule has 0 aromatic heterocycles. The van der Waals surface area contributed by atoms with Crippen LogP contribution in [-0.2, 0) is 11.2 Å². The van der Waals surface area contributed by atoms with Crippen LogP contribution < -0.4 is 4.74 Å². The SMILES string of the molecule is O=C(O)CCN(C(=O)c1ccc2c(c1)CCO2)C1CC1. The summed E-state index contributed by atoms with van der Waals surface area (Å²) in [6, 6.07) is 5.69. The highest BCUT2D eigenvalue weighted by atomic mass is 16.5. The Labute approximate surface area is 117 Å². The zero-order valence-corrected chi connectivity index (χ0v) is 11.2. The van der Waals surface area contributed by atoms with Crippen LogP contribution in [0.5, 0.6) is 5.75 Å². The van der Waals surface area contributed by atoms with Gasteiger partial charge in [0, 0.05) is 24.6 Å². The number of hydrogen-bond acceptors (Lipinski definition) is 3. The summed E-state index contributed by atoms with van der Waals surface area (Å²) in [7, 11) is 0. The molecule has 1 aromatic carbocycles. The van der Waals surface area contributed by atoms with Gasteiger partial charge in [-0.15, -0.1) is 0 Å². The molecule has 1 fully saturated rings. The van der Waals surface area contributed by atoms with Gasteiger partial charge in [-0.1, -0.05) is 0 Å². The molecule has 1 heterocycles. The molecule has 1 amide bonds. The molecule has 2 aliphatic rings. The van der Waals surface area contributed by atoms with Crippen LogP contribution in [0, 0.1) is 0 Å². The van der Waals surface area contributed by atoms with Crippen LogP contribution in [0.2, 0.25) is 0 Å². The average molecular weight is 275 g/mol. The van der Waals surface area contributed by atoms with E-state index in [2.05, 4.69) is 0 Å². The molecule has 1 saturated carbocycles. The predicted octanol–water partition coefficient (Wildman–Crippen LogP) is 1.70. The number of aliphatic carboxylic acids is 1. The molecule has 1 N–H and O–H groups in total. The minimum absolute atomic E-state index is 0.00368. The van der Waals surface area contributed by atoms with Crippen molar-refractivity contribution in [1.82, 2.24) is 4.90 Å². The molecular weight excluding hydrogens is 258 g/mol. The second-order valence-electron chi connectivity index (χ2n) is 5.29. The maximum Gasteiger partial charge on any atom is 0.305 e. The lowest BCUT2D eigenvalue weighted by molar-refractivity contribution is -0.137. The Kier molecular flexibility index (Phi) is 3.34. The van der Waals surface area contributed by atoms with Gasteiger partial charge in [0.15, 0.2) is 0 Å². The third-order valence-electron chi connectivity index (χ3n) is 3.75. The Balaban J connectivity index is 1.76. The first kappa shape index (κ1) is 13.0. The standard InChI is InChI=1S/C15H17NO4/c17-14(18)5-7-16(12-2-3-12)15(19)11-1-4-13-10(9-11)6-8-20-13/h1,4,9,12H,2-3,5-8H2,(H,17,18). The monoisotopic (exact) mass is 275 g/mol. The molecule has 1 aliphatic carbocycles. The normalized spacial score (nSPS) is 16.4. The van der Waals surface area contributed by atoms with Crippen LogP contribution in [0.15, 0.2) is 18.2 Å². The summed E-state index contributed by atoms with van der Waals surface area (Å²) in [6.45, 7) is 0.949. The van der Waals surface area contributed by atoms with E-state index in [1.807, 2.05) is 12.1 Å². The van der Waals surface area contributed by atoms with Crippen molar-refractivity contribution < 1.29 is 19.4 Å². The van der Waals surface area contributed by atoms with E-state index in [0.717, 1.165) is 30.6 Å². The van der Waals surface area contributed by atoms with E-state index in [0.29, 0.717) is 12.2 Å². The molecule has 3 rings (SSSR count). The van der Waals surface area contributed by atoms with Crippen LogP contribution in [0.1, 0.15) is 35.2 Å². The highest BCUT2D eigenvalue weighted by Crippen LogP contribution is 2.30. The van der Waals surface area contributed by atoms with Gasteiger partial charge in [0.2, 0.25) is 0 Å². The van der Waals surface area contributed by atoms with Gasteiger partial charge >= 0.3 is 5.97 Å². The Hall–Kier alpha value is -2.04. The molecule has 5 nitrogen and oxygen atoms in total. The van der Waals surface area contributed by atoms with Gasteiger partial charge in [-0.2, -0.15) is 0 Å². The number of ether oxygens (including phenoxy) is 1. The number of nitrogens with zero attached hydrogens (tertiary/aromatic N) is 1. The number of benzene rings is 1. The van der Waals surface area contributed by atoms with Crippen LogP contribution in [0.4, 0.5) is 0 Å². The zero-order valence-electron chi connectivity index (χ0n) is 11.2.